The summed E-state index contributed by atoms with van der Waals surface area (Å²) in [6.45, 7) is 4.50. The van der Waals surface area contributed by atoms with Crippen LogP contribution in [0.3, 0.4) is 0 Å². The van der Waals surface area contributed by atoms with Gasteiger partial charge in [-0.25, -0.2) is 9.18 Å². The Morgan fingerprint density at radius 3 is 2.76 bits per heavy atom. The molecule has 1 aromatic heterocycles. The van der Waals surface area contributed by atoms with Crippen LogP contribution in [0.25, 0.3) is 6.08 Å². The summed E-state index contributed by atoms with van der Waals surface area (Å²) >= 11 is 4.98. The molecule has 2 saturated heterocycles. The van der Waals surface area contributed by atoms with E-state index in [0.717, 1.165) is 5.56 Å². The van der Waals surface area contributed by atoms with Gasteiger partial charge in [-0.1, -0.05) is 18.3 Å². The Balaban J connectivity index is 1.33. The number of nitrogens with one attached hydrogen (secondary N) is 1. The zero-order valence-electron chi connectivity index (χ0n) is 18.8. The number of cyclic esters (lactones) is 1. The number of rotatable bonds is 6. The second-order valence-corrected chi connectivity index (χ2v) is 8.73. The molecular weight excluding hydrogens is 457 g/mol. The van der Waals surface area contributed by atoms with E-state index in [1.807, 2.05) is 17.0 Å². The summed E-state index contributed by atoms with van der Waals surface area (Å²) in [6.07, 6.45) is 5.78. The molecule has 8 nitrogen and oxygen atoms in total. The quantitative estimate of drug-likeness (QED) is 0.500. The highest BCUT2D eigenvalue weighted by Crippen LogP contribution is 2.28. The topological polar surface area (TPSA) is 78.0 Å². The molecule has 10 heteroatoms. The molecule has 0 bridgehead atoms. The van der Waals surface area contributed by atoms with Gasteiger partial charge >= 0.3 is 6.09 Å². The van der Waals surface area contributed by atoms with Gasteiger partial charge in [0.25, 0.3) is 0 Å². The summed E-state index contributed by atoms with van der Waals surface area (Å²) < 4.78 is 20.3. The third-order valence-corrected chi connectivity index (χ3v) is 5.87. The van der Waals surface area contributed by atoms with Crippen LogP contribution < -0.4 is 15.1 Å². The maximum atomic E-state index is 15.0. The van der Waals surface area contributed by atoms with Gasteiger partial charge in [0.1, 0.15) is 11.9 Å². The number of halogens is 1. The lowest BCUT2D eigenvalue weighted by Crippen LogP contribution is -2.48. The minimum absolute atomic E-state index is 0.0836. The Kier molecular flexibility index (Phi) is 7.36. The first-order valence-electron chi connectivity index (χ1n) is 11.0. The van der Waals surface area contributed by atoms with Gasteiger partial charge in [0, 0.05) is 44.6 Å². The fourth-order valence-corrected chi connectivity index (χ4v) is 4.01. The number of pyridine rings is 1. The van der Waals surface area contributed by atoms with E-state index in [-0.39, 0.29) is 12.0 Å². The van der Waals surface area contributed by atoms with Crippen LogP contribution in [0.15, 0.2) is 48.8 Å². The highest BCUT2D eigenvalue weighted by molar-refractivity contribution is 7.80. The molecule has 2 aromatic rings. The summed E-state index contributed by atoms with van der Waals surface area (Å²) in [7, 11) is 0. The first-order chi connectivity index (χ1) is 16.4. The fourth-order valence-electron chi connectivity index (χ4n) is 3.93. The van der Waals surface area contributed by atoms with Crippen molar-refractivity contribution in [1.29, 1.82) is 0 Å². The highest BCUT2D eigenvalue weighted by atomic mass is 32.1. The lowest BCUT2D eigenvalue weighted by Gasteiger charge is -2.36. The van der Waals surface area contributed by atoms with E-state index in [2.05, 4.69) is 10.3 Å². The second-order valence-electron chi connectivity index (χ2n) is 8.12. The van der Waals surface area contributed by atoms with Crippen molar-refractivity contribution in [2.45, 2.75) is 13.0 Å². The van der Waals surface area contributed by atoms with Crippen molar-refractivity contribution in [3.63, 3.8) is 0 Å². The number of hydrogen-bond acceptors (Lipinski definition) is 6. The molecule has 4 rings (SSSR count). The van der Waals surface area contributed by atoms with Gasteiger partial charge < -0.3 is 19.9 Å². The van der Waals surface area contributed by atoms with E-state index in [9.17, 15) is 14.0 Å². The molecule has 2 aliphatic heterocycles. The molecule has 1 aromatic carbocycles. The second kappa shape index (κ2) is 10.6. The van der Waals surface area contributed by atoms with Crippen molar-refractivity contribution in [1.82, 2.24) is 15.2 Å². The maximum Gasteiger partial charge on any atom is 0.414 e. The molecular formula is C24H26FN5O3S. The van der Waals surface area contributed by atoms with Crippen molar-refractivity contribution in [3.8, 4) is 0 Å². The number of ether oxygens (including phenoxy) is 1. The van der Waals surface area contributed by atoms with Crippen LogP contribution in [0.5, 0.6) is 0 Å². The van der Waals surface area contributed by atoms with Crippen molar-refractivity contribution >= 4 is 46.7 Å². The first-order valence-corrected chi connectivity index (χ1v) is 11.5. The third kappa shape index (κ3) is 5.69. The normalized spacial score (nSPS) is 18.4. The fraction of sp³-hybridized carbons (Fsp3) is 0.333. The van der Waals surface area contributed by atoms with E-state index in [4.69, 9.17) is 17.0 Å². The lowest BCUT2D eigenvalue weighted by molar-refractivity contribution is -0.126. The van der Waals surface area contributed by atoms with Gasteiger partial charge in [-0.3, -0.25) is 14.7 Å². The predicted octanol–water partition coefficient (Wildman–Crippen LogP) is 2.84. The number of amides is 2. The molecule has 0 unspecified atom stereocenters. The van der Waals surface area contributed by atoms with Gasteiger partial charge in [-0.2, -0.15) is 0 Å². The van der Waals surface area contributed by atoms with Crippen LogP contribution in [0, 0.1) is 5.82 Å². The summed E-state index contributed by atoms with van der Waals surface area (Å²) in [5.41, 5.74) is 1.75. The van der Waals surface area contributed by atoms with E-state index in [1.54, 1.807) is 42.4 Å². The minimum atomic E-state index is -0.507. The smallest absolute Gasteiger partial charge is 0.414 e. The van der Waals surface area contributed by atoms with Crippen molar-refractivity contribution in [2.24, 2.45) is 0 Å². The summed E-state index contributed by atoms with van der Waals surface area (Å²) in [5, 5.41) is 2.98. The number of thiocarbonyl (C=S) groups is 1. The number of hydrogen-bond donors (Lipinski definition) is 1. The molecule has 3 heterocycles. The van der Waals surface area contributed by atoms with Crippen LogP contribution in [-0.2, 0) is 9.53 Å². The SMILES string of the molecule is CC(=S)NC[C@H]1CN(c2ccc(N3CCN(C(=O)C=Cc4cccnc4)CC3)c(F)c2)C(=O)O1. The van der Waals surface area contributed by atoms with Crippen LogP contribution in [0.1, 0.15) is 12.5 Å². The minimum Gasteiger partial charge on any atom is -0.442 e. The molecule has 34 heavy (non-hydrogen) atoms. The zero-order chi connectivity index (χ0) is 24.1. The Morgan fingerprint density at radius 1 is 1.29 bits per heavy atom. The van der Waals surface area contributed by atoms with Crippen molar-refractivity contribution in [3.05, 3.63) is 60.2 Å². The van der Waals surface area contributed by atoms with E-state index >= 15 is 0 Å². The average molecular weight is 484 g/mol. The van der Waals surface area contributed by atoms with Crippen LogP contribution >= 0.6 is 12.2 Å². The molecule has 0 aliphatic carbocycles. The molecule has 1 atom stereocenters. The highest BCUT2D eigenvalue weighted by Gasteiger charge is 2.33. The summed E-state index contributed by atoms with van der Waals surface area (Å²) in [4.78, 5) is 34.4. The van der Waals surface area contributed by atoms with Gasteiger partial charge in [0.05, 0.1) is 29.5 Å². The Hall–Kier alpha value is -3.53. The molecule has 0 saturated carbocycles. The molecule has 2 amide bonds. The monoisotopic (exact) mass is 483 g/mol. The third-order valence-electron chi connectivity index (χ3n) is 5.73. The van der Waals surface area contributed by atoms with E-state index < -0.39 is 11.9 Å². The van der Waals surface area contributed by atoms with E-state index in [0.29, 0.717) is 55.6 Å². The van der Waals surface area contributed by atoms with Gasteiger partial charge in [-0.15, -0.1) is 0 Å². The van der Waals surface area contributed by atoms with Gasteiger partial charge in [0.2, 0.25) is 5.91 Å². The summed E-state index contributed by atoms with van der Waals surface area (Å²) in [5.74, 6) is -0.502. The van der Waals surface area contributed by atoms with Crippen molar-refractivity contribution in [2.75, 3.05) is 49.1 Å². The maximum absolute atomic E-state index is 15.0. The van der Waals surface area contributed by atoms with Crippen molar-refractivity contribution < 1.29 is 18.7 Å². The number of anilines is 2. The Bertz CT molecular complexity index is 1090. The predicted molar refractivity (Wildman–Crippen MR) is 132 cm³/mol. The van der Waals surface area contributed by atoms with Crippen LogP contribution in [0.2, 0.25) is 0 Å². The van der Waals surface area contributed by atoms with Crippen LogP contribution in [-0.4, -0.2) is 72.2 Å². The van der Waals surface area contributed by atoms with Crippen LogP contribution in [0.4, 0.5) is 20.6 Å². The zero-order valence-corrected chi connectivity index (χ0v) is 19.6. The number of benzene rings is 1. The van der Waals surface area contributed by atoms with Gasteiger partial charge in [0.15, 0.2) is 0 Å². The first kappa shape index (κ1) is 23.6. The Labute approximate surface area is 203 Å². The molecule has 2 aliphatic rings. The number of carbonyl (C=O) groups is 2. The molecule has 1 N–H and O–H groups in total. The number of carbonyl (C=O) groups excluding carboxylic acids is 2. The lowest BCUT2D eigenvalue weighted by atomic mass is 10.2. The number of aromatic nitrogens is 1. The summed E-state index contributed by atoms with van der Waals surface area (Å²) in [6, 6.07) is 8.43. The molecule has 0 spiro atoms. The molecule has 0 radical (unpaired) electrons. The number of nitrogens with zero attached hydrogens (tertiary/aromatic N) is 4. The molecule has 2 fully saturated rings. The number of piperazine rings is 1. The Morgan fingerprint density at radius 2 is 2.09 bits per heavy atom. The average Bonchev–Trinajstić information content (AvgIpc) is 3.22. The van der Waals surface area contributed by atoms with Gasteiger partial charge in [-0.05, 0) is 42.8 Å². The molecule has 178 valence electrons. The van der Waals surface area contributed by atoms with E-state index in [1.165, 1.54) is 17.0 Å². The largest absolute Gasteiger partial charge is 0.442 e. The standard InChI is InChI=1S/C24H26FN5O3S/c1-17(34)27-15-20-16-30(24(32)33-20)19-5-6-22(21(25)13-19)28-9-11-29(12-10-28)23(31)7-4-18-3-2-8-26-14-18/h2-8,13-14,20H,9-12,15-16H2,1H3,(H,27,34)/t20-/m0/s1.